The van der Waals surface area contributed by atoms with Gasteiger partial charge in [0.1, 0.15) is 17.2 Å². The summed E-state index contributed by atoms with van der Waals surface area (Å²) in [6, 6.07) is 8.02. The second kappa shape index (κ2) is 10.2. The monoisotopic (exact) mass is 423 g/mol. The van der Waals surface area contributed by atoms with Crippen molar-refractivity contribution in [3.63, 3.8) is 0 Å². The molecule has 6 nitrogen and oxygen atoms in total. The highest BCUT2D eigenvalue weighted by atomic mass is 32.2. The van der Waals surface area contributed by atoms with E-state index in [0.29, 0.717) is 24.6 Å². The summed E-state index contributed by atoms with van der Waals surface area (Å²) in [5, 5.41) is 1.01. The number of hydrogen-bond acceptors (Lipinski definition) is 7. The van der Waals surface area contributed by atoms with Crippen LogP contribution in [0.3, 0.4) is 0 Å². The van der Waals surface area contributed by atoms with Crippen LogP contribution in [0.4, 0.5) is 0 Å². The number of rotatable bonds is 9. The maximum Gasteiger partial charge on any atom is 0.326 e. The third-order valence-electron chi connectivity index (χ3n) is 3.70. The zero-order valence-corrected chi connectivity index (χ0v) is 18.9. The molecule has 1 aromatic carbocycles. The number of likely N-dealkylation sites (N-methyl/N-ethyl adjacent to an activating group) is 1. The molecule has 0 unspecified atom stereocenters. The zero-order chi connectivity index (χ0) is 20.7. The Bertz CT molecular complexity index is 766. The summed E-state index contributed by atoms with van der Waals surface area (Å²) in [7, 11) is 3.88. The Morgan fingerprint density at radius 1 is 1.18 bits per heavy atom. The number of para-hydroxylation sites is 1. The van der Waals surface area contributed by atoms with Crippen LogP contribution in [0.2, 0.25) is 0 Å². The average molecular weight is 424 g/mol. The van der Waals surface area contributed by atoms with Crippen molar-refractivity contribution in [2.75, 3.05) is 39.5 Å². The standard InChI is InChI=1S/C20H29N3O3S2/c1-20(2,3)26-19(25)12-23(11-10-22(4)5)18(24)14-27-13-17-21-15-8-6-7-9-16(15)28-17/h6-9H,10-14H2,1-5H3. The van der Waals surface area contributed by atoms with Crippen molar-refractivity contribution in [3.8, 4) is 0 Å². The molecule has 0 aliphatic carbocycles. The van der Waals surface area contributed by atoms with Gasteiger partial charge in [-0.2, -0.15) is 0 Å². The van der Waals surface area contributed by atoms with Crippen molar-refractivity contribution in [2.24, 2.45) is 0 Å². The number of amides is 1. The van der Waals surface area contributed by atoms with Gasteiger partial charge >= 0.3 is 5.97 Å². The van der Waals surface area contributed by atoms with Crippen molar-refractivity contribution in [3.05, 3.63) is 29.3 Å². The third kappa shape index (κ3) is 7.77. The first-order chi connectivity index (χ1) is 13.1. The number of carbonyl (C=O) groups is 2. The molecule has 0 fully saturated rings. The largest absolute Gasteiger partial charge is 0.459 e. The molecule has 0 aliphatic rings. The quantitative estimate of drug-likeness (QED) is 0.577. The van der Waals surface area contributed by atoms with Crippen molar-refractivity contribution in [2.45, 2.75) is 32.1 Å². The first-order valence-electron chi connectivity index (χ1n) is 9.20. The second-order valence-corrected chi connectivity index (χ2v) is 9.87. The molecule has 2 rings (SSSR count). The SMILES string of the molecule is CN(C)CCN(CC(=O)OC(C)(C)C)C(=O)CSCc1nc2ccccc2s1. The van der Waals surface area contributed by atoms with Crippen LogP contribution in [-0.2, 0) is 20.1 Å². The summed E-state index contributed by atoms with van der Waals surface area (Å²) >= 11 is 3.17. The van der Waals surface area contributed by atoms with Gasteiger partial charge in [0.05, 0.1) is 16.0 Å². The summed E-state index contributed by atoms with van der Waals surface area (Å²) in [5.74, 6) is 0.556. The van der Waals surface area contributed by atoms with Gasteiger partial charge in [0.2, 0.25) is 5.91 Å². The molecule has 0 bridgehead atoms. The molecule has 1 amide bonds. The van der Waals surface area contributed by atoms with Gasteiger partial charge in [0.15, 0.2) is 0 Å². The van der Waals surface area contributed by atoms with E-state index < -0.39 is 5.60 Å². The molecule has 0 aliphatic heterocycles. The molecule has 8 heteroatoms. The van der Waals surface area contributed by atoms with Crippen molar-refractivity contribution >= 4 is 45.2 Å². The average Bonchev–Trinajstić information content (AvgIpc) is 2.99. The van der Waals surface area contributed by atoms with E-state index in [-0.39, 0.29) is 18.4 Å². The molecule has 154 valence electrons. The summed E-state index contributed by atoms with van der Waals surface area (Å²) in [6.45, 7) is 6.63. The first-order valence-corrected chi connectivity index (χ1v) is 11.2. The number of fused-ring (bicyclic) bond motifs is 1. The van der Waals surface area contributed by atoms with Crippen LogP contribution < -0.4 is 0 Å². The highest BCUT2D eigenvalue weighted by Gasteiger charge is 2.22. The van der Waals surface area contributed by atoms with Gasteiger partial charge in [-0.15, -0.1) is 23.1 Å². The van der Waals surface area contributed by atoms with Crippen molar-refractivity contribution < 1.29 is 14.3 Å². The number of ether oxygens (including phenoxy) is 1. The minimum absolute atomic E-state index is 0.0222. The second-order valence-electron chi connectivity index (χ2n) is 7.77. The maximum atomic E-state index is 12.7. The molecule has 0 atom stereocenters. The van der Waals surface area contributed by atoms with Crippen LogP contribution in [0.15, 0.2) is 24.3 Å². The van der Waals surface area contributed by atoms with Crippen LogP contribution in [-0.4, -0.2) is 71.7 Å². The van der Waals surface area contributed by atoms with Gasteiger partial charge in [0.25, 0.3) is 0 Å². The summed E-state index contributed by atoms with van der Waals surface area (Å²) < 4.78 is 6.53. The number of aromatic nitrogens is 1. The van der Waals surface area contributed by atoms with Gasteiger partial charge in [-0.1, -0.05) is 12.1 Å². The van der Waals surface area contributed by atoms with Crippen LogP contribution in [0.1, 0.15) is 25.8 Å². The number of thioether (sulfide) groups is 1. The highest BCUT2D eigenvalue weighted by molar-refractivity contribution is 7.99. The molecule has 0 saturated heterocycles. The minimum Gasteiger partial charge on any atom is -0.459 e. The summed E-state index contributed by atoms with van der Waals surface area (Å²) in [6.07, 6.45) is 0. The number of benzene rings is 1. The number of nitrogens with zero attached hydrogens (tertiary/aromatic N) is 3. The van der Waals surface area contributed by atoms with Crippen LogP contribution >= 0.6 is 23.1 Å². The lowest BCUT2D eigenvalue weighted by Gasteiger charge is -2.26. The number of thiazole rings is 1. The Hall–Kier alpha value is -1.64. The topological polar surface area (TPSA) is 62.7 Å². The molecule has 28 heavy (non-hydrogen) atoms. The molecule has 0 N–H and O–H groups in total. The Morgan fingerprint density at radius 3 is 2.54 bits per heavy atom. The van der Waals surface area contributed by atoms with E-state index in [1.807, 2.05) is 58.0 Å². The van der Waals surface area contributed by atoms with Crippen molar-refractivity contribution in [1.29, 1.82) is 0 Å². The lowest BCUT2D eigenvalue weighted by molar-refractivity contribution is -0.158. The summed E-state index contributed by atoms with van der Waals surface area (Å²) in [4.78, 5) is 33.0. The molecule has 0 radical (unpaired) electrons. The van der Waals surface area contributed by atoms with E-state index in [9.17, 15) is 9.59 Å². The maximum absolute atomic E-state index is 12.7. The summed E-state index contributed by atoms with van der Waals surface area (Å²) in [5.41, 5.74) is 0.432. The fraction of sp³-hybridized carbons (Fsp3) is 0.550. The minimum atomic E-state index is -0.561. The molecule has 1 aromatic heterocycles. The van der Waals surface area contributed by atoms with Gasteiger partial charge < -0.3 is 14.5 Å². The molecular weight excluding hydrogens is 394 g/mol. The predicted molar refractivity (Wildman–Crippen MR) is 117 cm³/mol. The third-order valence-corrected chi connectivity index (χ3v) is 5.85. The number of esters is 1. The Kier molecular flexibility index (Phi) is 8.27. The van der Waals surface area contributed by atoms with Gasteiger partial charge in [-0.05, 0) is 47.0 Å². The van der Waals surface area contributed by atoms with E-state index in [4.69, 9.17) is 4.74 Å². The van der Waals surface area contributed by atoms with Crippen LogP contribution in [0.25, 0.3) is 10.2 Å². The van der Waals surface area contributed by atoms with E-state index in [0.717, 1.165) is 15.2 Å². The smallest absolute Gasteiger partial charge is 0.326 e. The van der Waals surface area contributed by atoms with Gasteiger partial charge in [0, 0.05) is 18.8 Å². The Balaban J connectivity index is 1.89. The molecule has 2 aromatic rings. The molecule has 0 spiro atoms. The zero-order valence-electron chi connectivity index (χ0n) is 17.2. The number of carbonyl (C=O) groups excluding carboxylic acids is 2. The first kappa shape index (κ1) is 22.6. The van der Waals surface area contributed by atoms with E-state index in [2.05, 4.69) is 11.1 Å². The van der Waals surface area contributed by atoms with Crippen molar-refractivity contribution in [1.82, 2.24) is 14.8 Å². The Morgan fingerprint density at radius 2 is 1.89 bits per heavy atom. The molecule has 1 heterocycles. The lowest BCUT2D eigenvalue weighted by Crippen LogP contribution is -2.42. The predicted octanol–water partition coefficient (Wildman–Crippen LogP) is 3.26. The fourth-order valence-corrected chi connectivity index (χ4v) is 4.39. The van der Waals surface area contributed by atoms with E-state index in [1.165, 1.54) is 11.8 Å². The van der Waals surface area contributed by atoms with Crippen LogP contribution in [0, 0.1) is 0 Å². The van der Waals surface area contributed by atoms with Gasteiger partial charge in [-0.25, -0.2) is 4.98 Å². The fourth-order valence-electron chi connectivity index (χ4n) is 2.44. The van der Waals surface area contributed by atoms with Gasteiger partial charge in [-0.3, -0.25) is 9.59 Å². The normalized spacial score (nSPS) is 11.8. The van der Waals surface area contributed by atoms with Crippen LogP contribution in [0.5, 0.6) is 0 Å². The molecule has 0 saturated carbocycles. The van der Waals surface area contributed by atoms with E-state index in [1.54, 1.807) is 16.2 Å². The molecular formula is C20H29N3O3S2. The number of hydrogen-bond donors (Lipinski definition) is 0. The Labute approximate surface area is 175 Å². The van der Waals surface area contributed by atoms with E-state index >= 15 is 0 Å². The highest BCUT2D eigenvalue weighted by Crippen LogP contribution is 2.24. The lowest BCUT2D eigenvalue weighted by atomic mass is 10.2.